The third-order valence-corrected chi connectivity index (χ3v) is 4.19. The van der Waals surface area contributed by atoms with Crippen LogP contribution >= 0.6 is 11.6 Å². The van der Waals surface area contributed by atoms with Crippen LogP contribution in [0.1, 0.15) is 0 Å². The number of carbonyl (C=O) groups excluding carboxylic acids is 2. The summed E-state index contributed by atoms with van der Waals surface area (Å²) in [7, 11) is 1.52. The van der Waals surface area contributed by atoms with E-state index in [1.807, 2.05) is 17.0 Å². The number of rotatable bonds is 6. The second kappa shape index (κ2) is 8.98. The molecule has 0 aromatic heterocycles. The van der Waals surface area contributed by atoms with Gasteiger partial charge in [-0.2, -0.15) is 0 Å². The number of hydrogen-bond acceptors (Lipinski definition) is 5. The van der Waals surface area contributed by atoms with E-state index in [0.717, 1.165) is 0 Å². The van der Waals surface area contributed by atoms with Crippen molar-refractivity contribution in [1.29, 1.82) is 0 Å². The van der Waals surface area contributed by atoms with E-state index in [-0.39, 0.29) is 25.0 Å². The van der Waals surface area contributed by atoms with E-state index in [2.05, 4.69) is 5.32 Å². The van der Waals surface area contributed by atoms with Crippen LogP contribution in [0.3, 0.4) is 0 Å². The van der Waals surface area contributed by atoms with E-state index in [0.29, 0.717) is 36.9 Å². The molecule has 1 aromatic carbocycles. The zero-order valence-corrected chi connectivity index (χ0v) is 14.5. The van der Waals surface area contributed by atoms with E-state index in [4.69, 9.17) is 22.1 Å². The fourth-order valence-electron chi connectivity index (χ4n) is 2.57. The highest BCUT2D eigenvalue weighted by atomic mass is 35.5. The normalized spacial score (nSPS) is 16.7. The van der Waals surface area contributed by atoms with Crippen LogP contribution in [0, 0.1) is 0 Å². The molecule has 132 valence electrons. The van der Waals surface area contributed by atoms with Crippen molar-refractivity contribution < 1.29 is 14.3 Å². The summed E-state index contributed by atoms with van der Waals surface area (Å²) in [6, 6.07) is 6.47. The van der Waals surface area contributed by atoms with Crippen LogP contribution < -0.4 is 11.1 Å². The Balaban J connectivity index is 1.77. The highest BCUT2D eigenvalue weighted by molar-refractivity contribution is 6.33. The van der Waals surface area contributed by atoms with Crippen molar-refractivity contribution >= 4 is 29.1 Å². The van der Waals surface area contributed by atoms with Crippen molar-refractivity contribution in [3.05, 3.63) is 29.3 Å². The summed E-state index contributed by atoms with van der Waals surface area (Å²) >= 11 is 6.03. The predicted molar refractivity (Wildman–Crippen MR) is 93.0 cm³/mol. The van der Waals surface area contributed by atoms with Crippen LogP contribution in [0.2, 0.25) is 5.02 Å². The van der Waals surface area contributed by atoms with E-state index < -0.39 is 6.04 Å². The lowest BCUT2D eigenvalue weighted by atomic mass is 10.2. The smallest absolute Gasteiger partial charge is 0.241 e. The van der Waals surface area contributed by atoms with Crippen molar-refractivity contribution in [2.24, 2.45) is 5.73 Å². The van der Waals surface area contributed by atoms with Gasteiger partial charge in [0.2, 0.25) is 11.8 Å². The average molecular weight is 355 g/mol. The van der Waals surface area contributed by atoms with Gasteiger partial charge in [0, 0.05) is 33.3 Å². The van der Waals surface area contributed by atoms with Gasteiger partial charge in [0.1, 0.15) is 6.04 Å². The number of benzene rings is 1. The van der Waals surface area contributed by atoms with Crippen LogP contribution in [0.25, 0.3) is 0 Å². The Hall–Kier alpha value is -1.67. The second-order valence-corrected chi connectivity index (χ2v) is 6.10. The van der Waals surface area contributed by atoms with Crippen molar-refractivity contribution in [3.63, 3.8) is 0 Å². The maximum absolute atomic E-state index is 12.1. The van der Waals surface area contributed by atoms with Crippen molar-refractivity contribution in [1.82, 2.24) is 9.80 Å². The summed E-state index contributed by atoms with van der Waals surface area (Å²) in [6.07, 6.45) is 0. The van der Waals surface area contributed by atoms with Gasteiger partial charge in [-0.1, -0.05) is 23.7 Å². The van der Waals surface area contributed by atoms with Crippen LogP contribution in [0.15, 0.2) is 24.3 Å². The molecule has 3 N–H and O–H groups in total. The summed E-state index contributed by atoms with van der Waals surface area (Å²) in [6.45, 7) is 2.82. The number of anilines is 1. The van der Waals surface area contributed by atoms with Gasteiger partial charge >= 0.3 is 0 Å². The molecule has 24 heavy (non-hydrogen) atoms. The predicted octanol–water partition coefficient (Wildman–Crippen LogP) is 0.396. The first kappa shape index (κ1) is 18.7. The highest BCUT2D eigenvalue weighted by Crippen LogP contribution is 2.20. The summed E-state index contributed by atoms with van der Waals surface area (Å²) < 4.78 is 4.91. The lowest BCUT2D eigenvalue weighted by Crippen LogP contribution is -2.55. The second-order valence-electron chi connectivity index (χ2n) is 5.69. The minimum Gasteiger partial charge on any atom is -0.383 e. The number of piperazine rings is 1. The number of methoxy groups -OCH3 is 1. The Morgan fingerprint density at radius 3 is 2.58 bits per heavy atom. The fraction of sp³-hybridized carbons (Fsp3) is 0.500. The molecule has 7 nitrogen and oxygen atoms in total. The van der Waals surface area contributed by atoms with Gasteiger partial charge < -0.3 is 20.7 Å². The molecular weight excluding hydrogens is 332 g/mol. The summed E-state index contributed by atoms with van der Waals surface area (Å²) in [5.41, 5.74) is 6.37. The maximum Gasteiger partial charge on any atom is 0.241 e. The molecular formula is C16H23ClN4O3. The van der Waals surface area contributed by atoms with Crippen molar-refractivity contribution in [3.8, 4) is 0 Å². The molecule has 2 amide bonds. The third-order valence-electron chi connectivity index (χ3n) is 3.86. The highest BCUT2D eigenvalue weighted by Gasteiger charge is 2.26. The Morgan fingerprint density at radius 1 is 1.29 bits per heavy atom. The van der Waals surface area contributed by atoms with E-state index >= 15 is 0 Å². The van der Waals surface area contributed by atoms with Gasteiger partial charge in [-0.3, -0.25) is 14.5 Å². The van der Waals surface area contributed by atoms with Crippen molar-refractivity contribution in [2.45, 2.75) is 6.04 Å². The first-order chi connectivity index (χ1) is 11.5. The first-order valence-corrected chi connectivity index (χ1v) is 8.19. The van der Waals surface area contributed by atoms with E-state index in [1.54, 1.807) is 17.0 Å². The van der Waals surface area contributed by atoms with Crippen LogP contribution in [-0.2, 0) is 14.3 Å². The van der Waals surface area contributed by atoms with Crippen LogP contribution in [0.5, 0.6) is 0 Å². The maximum atomic E-state index is 12.1. The fourth-order valence-corrected chi connectivity index (χ4v) is 2.75. The third kappa shape index (κ3) is 5.17. The molecule has 1 aromatic rings. The zero-order valence-electron chi connectivity index (χ0n) is 13.7. The molecule has 1 aliphatic heterocycles. The number of para-hydroxylation sites is 1. The van der Waals surface area contributed by atoms with Crippen molar-refractivity contribution in [2.75, 3.05) is 51.8 Å². The molecule has 1 saturated heterocycles. The summed E-state index contributed by atoms with van der Waals surface area (Å²) in [4.78, 5) is 27.9. The van der Waals surface area contributed by atoms with Gasteiger partial charge in [-0.25, -0.2) is 0 Å². The summed E-state index contributed by atoms with van der Waals surface area (Å²) in [5, 5.41) is 3.30. The quantitative estimate of drug-likeness (QED) is 0.772. The molecule has 1 fully saturated rings. The van der Waals surface area contributed by atoms with Gasteiger partial charge in [0.05, 0.1) is 23.9 Å². The topological polar surface area (TPSA) is 87.9 Å². The summed E-state index contributed by atoms with van der Waals surface area (Å²) in [5.74, 6) is -0.240. The Morgan fingerprint density at radius 2 is 1.96 bits per heavy atom. The molecule has 2 rings (SSSR count). The molecule has 0 bridgehead atoms. The minimum absolute atomic E-state index is 0.114. The number of carbonyl (C=O) groups is 2. The average Bonchev–Trinajstić information content (AvgIpc) is 2.57. The van der Waals surface area contributed by atoms with Gasteiger partial charge in [-0.15, -0.1) is 0 Å². The molecule has 0 aliphatic carbocycles. The SMILES string of the molecule is COCC(N)C(=O)N1CCN(CC(=O)Nc2ccccc2Cl)CC1. The zero-order chi connectivity index (χ0) is 17.5. The molecule has 1 unspecified atom stereocenters. The Kier molecular flexibility index (Phi) is 6.99. The number of halogens is 1. The van der Waals surface area contributed by atoms with Gasteiger partial charge in [0.15, 0.2) is 0 Å². The molecule has 0 spiro atoms. The first-order valence-electron chi connectivity index (χ1n) is 7.81. The van der Waals surface area contributed by atoms with Gasteiger partial charge in [0.25, 0.3) is 0 Å². The van der Waals surface area contributed by atoms with Crippen LogP contribution in [0.4, 0.5) is 5.69 Å². The monoisotopic (exact) mass is 354 g/mol. The molecule has 0 saturated carbocycles. The lowest BCUT2D eigenvalue weighted by molar-refractivity contribution is -0.135. The number of nitrogens with one attached hydrogen (secondary N) is 1. The molecule has 1 heterocycles. The molecule has 8 heteroatoms. The lowest BCUT2D eigenvalue weighted by Gasteiger charge is -2.35. The molecule has 0 radical (unpaired) electrons. The van der Waals surface area contributed by atoms with E-state index in [1.165, 1.54) is 7.11 Å². The number of amides is 2. The number of nitrogens with zero attached hydrogens (tertiary/aromatic N) is 2. The number of nitrogens with two attached hydrogens (primary N) is 1. The largest absolute Gasteiger partial charge is 0.383 e. The Labute approximate surface area is 146 Å². The minimum atomic E-state index is -0.634. The Bertz CT molecular complexity index is 576. The number of ether oxygens (including phenoxy) is 1. The molecule has 1 atom stereocenters. The van der Waals surface area contributed by atoms with Gasteiger partial charge in [-0.05, 0) is 12.1 Å². The molecule has 1 aliphatic rings. The standard InChI is InChI=1S/C16H23ClN4O3/c1-24-11-13(18)16(23)21-8-6-20(7-9-21)10-15(22)19-14-5-3-2-4-12(14)17/h2-5,13H,6-11,18H2,1H3,(H,19,22). The van der Waals surface area contributed by atoms with Crippen LogP contribution in [-0.4, -0.2) is 74.1 Å². The van der Waals surface area contributed by atoms with E-state index in [9.17, 15) is 9.59 Å². The number of hydrogen-bond donors (Lipinski definition) is 2.